The van der Waals surface area contributed by atoms with Crippen molar-refractivity contribution in [2.45, 2.75) is 12.8 Å². The van der Waals surface area contributed by atoms with Crippen molar-refractivity contribution in [2.24, 2.45) is 0 Å². The Morgan fingerprint density at radius 1 is 1.67 bits per heavy atom. The van der Waals surface area contributed by atoms with Crippen molar-refractivity contribution in [3.8, 4) is 0 Å². The lowest BCUT2D eigenvalue weighted by atomic mass is 10.1. The Balaban J connectivity index is 2.52. The van der Waals surface area contributed by atoms with Crippen LogP contribution in [0, 0.1) is 0 Å². The van der Waals surface area contributed by atoms with Gasteiger partial charge in [-0.05, 0) is 18.9 Å². The summed E-state index contributed by atoms with van der Waals surface area (Å²) >= 11 is 0. The van der Waals surface area contributed by atoms with Crippen LogP contribution in [0.4, 0.5) is 5.82 Å². The number of aromatic amines is 1. The SMILES string of the molecule is C=CC(=O)N1CCCc2c1nc[nH]c2=O. The number of anilines is 1. The number of fused-ring (bicyclic) bond motifs is 1. The zero-order chi connectivity index (χ0) is 10.8. The van der Waals surface area contributed by atoms with Crippen molar-refractivity contribution >= 4 is 11.7 Å². The minimum absolute atomic E-state index is 0.165. The molecule has 2 heterocycles. The second kappa shape index (κ2) is 3.68. The largest absolute Gasteiger partial charge is 0.313 e. The van der Waals surface area contributed by atoms with E-state index in [1.54, 1.807) is 0 Å². The monoisotopic (exact) mass is 205 g/mol. The van der Waals surface area contributed by atoms with Crippen LogP contribution < -0.4 is 10.5 Å². The summed E-state index contributed by atoms with van der Waals surface area (Å²) in [5.74, 6) is 0.254. The maximum Gasteiger partial charge on any atom is 0.256 e. The van der Waals surface area contributed by atoms with Crippen LogP contribution in [0.5, 0.6) is 0 Å². The molecule has 0 saturated heterocycles. The van der Waals surface area contributed by atoms with Crippen LogP contribution in [-0.2, 0) is 11.2 Å². The number of aromatic nitrogens is 2. The lowest BCUT2D eigenvalue weighted by molar-refractivity contribution is -0.114. The average molecular weight is 205 g/mol. The smallest absolute Gasteiger partial charge is 0.256 e. The number of hydrogen-bond donors (Lipinski definition) is 1. The molecule has 0 bridgehead atoms. The molecule has 5 nitrogen and oxygen atoms in total. The molecule has 5 heteroatoms. The minimum Gasteiger partial charge on any atom is -0.313 e. The van der Waals surface area contributed by atoms with Crippen molar-refractivity contribution in [1.29, 1.82) is 0 Å². The first kappa shape index (κ1) is 9.64. The molecule has 0 radical (unpaired) electrons. The Bertz CT molecular complexity index is 464. The molecule has 15 heavy (non-hydrogen) atoms. The summed E-state index contributed by atoms with van der Waals surface area (Å²) in [4.78, 5) is 31.0. The van der Waals surface area contributed by atoms with Gasteiger partial charge in [0.15, 0.2) is 0 Å². The first-order valence-electron chi connectivity index (χ1n) is 4.74. The summed E-state index contributed by atoms with van der Waals surface area (Å²) in [6.45, 7) is 4.02. The summed E-state index contributed by atoms with van der Waals surface area (Å²) in [5.41, 5.74) is 0.417. The summed E-state index contributed by atoms with van der Waals surface area (Å²) in [6.07, 6.45) is 3.99. The van der Waals surface area contributed by atoms with Gasteiger partial charge in [0.05, 0.1) is 11.9 Å². The number of carbonyl (C=O) groups excluding carboxylic acids is 1. The first-order valence-corrected chi connectivity index (χ1v) is 4.74. The van der Waals surface area contributed by atoms with Gasteiger partial charge in [0.25, 0.3) is 11.5 Å². The predicted octanol–water partition coefficient (Wildman–Crippen LogP) is 0.235. The van der Waals surface area contributed by atoms with E-state index in [9.17, 15) is 9.59 Å². The summed E-state index contributed by atoms with van der Waals surface area (Å²) in [7, 11) is 0. The average Bonchev–Trinajstić information content (AvgIpc) is 2.28. The fraction of sp³-hybridized carbons (Fsp3) is 0.300. The molecule has 0 atom stereocenters. The Hall–Kier alpha value is -1.91. The standard InChI is InChI=1S/C10H11N3O2/c1-2-8(14)13-5-3-4-7-9(13)11-6-12-10(7)15/h2,6H,1,3-5H2,(H,11,12,15). The van der Waals surface area contributed by atoms with Gasteiger partial charge in [-0.2, -0.15) is 0 Å². The third kappa shape index (κ3) is 1.56. The molecule has 0 saturated carbocycles. The number of carbonyl (C=O) groups is 1. The highest BCUT2D eigenvalue weighted by atomic mass is 16.2. The predicted molar refractivity (Wildman–Crippen MR) is 55.7 cm³/mol. The number of nitrogens with one attached hydrogen (secondary N) is 1. The van der Waals surface area contributed by atoms with Gasteiger partial charge >= 0.3 is 0 Å². The van der Waals surface area contributed by atoms with Crippen molar-refractivity contribution < 1.29 is 4.79 Å². The minimum atomic E-state index is -0.214. The zero-order valence-electron chi connectivity index (χ0n) is 8.19. The van der Waals surface area contributed by atoms with E-state index in [0.717, 1.165) is 6.42 Å². The number of amides is 1. The Kier molecular flexibility index (Phi) is 2.37. The highest BCUT2D eigenvalue weighted by molar-refractivity contribution is 6.01. The van der Waals surface area contributed by atoms with Gasteiger partial charge in [0.2, 0.25) is 0 Å². The van der Waals surface area contributed by atoms with Crippen LogP contribution in [0.1, 0.15) is 12.0 Å². The summed E-state index contributed by atoms with van der Waals surface area (Å²) in [6, 6.07) is 0. The van der Waals surface area contributed by atoms with E-state index < -0.39 is 0 Å². The Labute approximate surface area is 86.4 Å². The van der Waals surface area contributed by atoms with Gasteiger partial charge < -0.3 is 4.98 Å². The number of rotatable bonds is 1. The lowest BCUT2D eigenvalue weighted by Crippen LogP contribution is -2.37. The molecular formula is C10H11N3O2. The Morgan fingerprint density at radius 3 is 3.20 bits per heavy atom. The fourth-order valence-electron chi connectivity index (χ4n) is 1.72. The van der Waals surface area contributed by atoms with E-state index in [-0.39, 0.29) is 11.5 Å². The van der Waals surface area contributed by atoms with Crippen LogP contribution in [-0.4, -0.2) is 22.4 Å². The number of H-pyrrole nitrogens is 1. The Morgan fingerprint density at radius 2 is 2.47 bits per heavy atom. The second-order valence-electron chi connectivity index (χ2n) is 3.33. The molecular weight excluding hydrogens is 194 g/mol. The molecule has 2 rings (SSSR count). The topological polar surface area (TPSA) is 66.1 Å². The maximum absolute atomic E-state index is 11.5. The van der Waals surface area contributed by atoms with Gasteiger partial charge in [-0.1, -0.05) is 6.58 Å². The molecule has 1 aromatic heterocycles. The molecule has 0 aliphatic carbocycles. The molecule has 0 spiro atoms. The van der Waals surface area contributed by atoms with Crippen molar-refractivity contribution in [3.05, 3.63) is 34.9 Å². The van der Waals surface area contributed by atoms with Crippen LogP contribution >= 0.6 is 0 Å². The van der Waals surface area contributed by atoms with E-state index in [0.29, 0.717) is 24.3 Å². The molecule has 0 fully saturated rings. The van der Waals surface area contributed by atoms with E-state index in [1.165, 1.54) is 17.3 Å². The molecule has 1 aliphatic rings. The van der Waals surface area contributed by atoms with Crippen molar-refractivity contribution in [2.75, 3.05) is 11.4 Å². The normalized spacial score (nSPS) is 14.5. The highest BCUT2D eigenvalue weighted by Gasteiger charge is 2.23. The summed E-state index contributed by atoms with van der Waals surface area (Å²) in [5, 5.41) is 0. The molecule has 78 valence electrons. The van der Waals surface area contributed by atoms with Crippen LogP contribution in [0.25, 0.3) is 0 Å². The van der Waals surface area contributed by atoms with Crippen molar-refractivity contribution in [3.63, 3.8) is 0 Å². The lowest BCUT2D eigenvalue weighted by Gasteiger charge is -2.26. The van der Waals surface area contributed by atoms with E-state index >= 15 is 0 Å². The first-order chi connectivity index (χ1) is 7.24. The van der Waals surface area contributed by atoms with Crippen LogP contribution in [0.15, 0.2) is 23.8 Å². The molecule has 1 N–H and O–H groups in total. The van der Waals surface area contributed by atoms with Gasteiger partial charge in [-0.25, -0.2) is 4.98 Å². The summed E-state index contributed by atoms with van der Waals surface area (Å²) < 4.78 is 0. The zero-order valence-corrected chi connectivity index (χ0v) is 8.19. The maximum atomic E-state index is 11.5. The van der Waals surface area contributed by atoms with E-state index in [2.05, 4.69) is 16.5 Å². The van der Waals surface area contributed by atoms with Crippen LogP contribution in [0.3, 0.4) is 0 Å². The van der Waals surface area contributed by atoms with E-state index in [4.69, 9.17) is 0 Å². The molecule has 1 aliphatic heterocycles. The van der Waals surface area contributed by atoms with Crippen molar-refractivity contribution in [1.82, 2.24) is 9.97 Å². The van der Waals surface area contributed by atoms with Crippen LogP contribution in [0.2, 0.25) is 0 Å². The van der Waals surface area contributed by atoms with Gasteiger partial charge in [0.1, 0.15) is 5.82 Å². The van der Waals surface area contributed by atoms with Gasteiger partial charge in [0, 0.05) is 6.54 Å². The fourth-order valence-corrected chi connectivity index (χ4v) is 1.72. The molecule has 1 aromatic rings. The quantitative estimate of drug-likeness (QED) is 0.667. The molecule has 0 unspecified atom stereocenters. The number of nitrogens with zero attached hydrogens (tertiary/aromatic N) is 2. The molecule has 1 amide bonds. The van der Waals surface area contributed by atoms with Gasteiger partial charge in [-0.3, -0.25) is 14.5 Å². The van der Waals surface area contributed by atoms with Gasteiger partial charge in [-0.15, -0.1) is 0 Å². The third-order valence-corrected chi connectivity index (χ3v) is 2.43. The molecule has 0 aromatic carbocycles. The second-order valence-corrected chi connectivity index (χ2v) is 3.33. The number of hydrogen-bond acceptors (Lipinski definition) is 3. The third-order valence-electron chi connectivity index (χ3n) is 2.43. The highest BCUT2D eigenvalue weighted by Crippen LogP contribution is 2.20. The van der Waals surface area contributed by atoms with E-state index in [1.807, 2.05) is 0 Å².